The SMILES string of the molecule is Cc1nc(NC(=O)N[C@@H](C)c2ccccc2)cc(Cl)c1C#N. The number of anilines is 1. The fraction of sp³-hybridized carbons (Fsp3) is 0.188. The molecule has 2 rings (SSSR count). The normalized spacial score (nSPS) is 11.4. The molecule has 1 aromatic heterocycles. The van der Waals surface area contributed by atoms with Gasteiger partial charge in [0.15, 0.2) is 0 Å². The molecule has 0 saturated carbocycles. The average Bonchev–Trinajstić information content (AvgIpc) is 2.47. The number of carbonyl (C=O) groups is 1. The lowest BCUT2D eigenvalue weighted by Crippen LogP contribution is -2.31. The number of nitriles is 1. The maximum atomic E-state index is 12.0. The lowest BCUT2D eigenvalue weighted by atomic mass is 10.1. The predicted molar refractivity (Wildman–Crippen MR) is 85.7 cm³/mol. The molecule has 1 atom stereocenters. The first-order valence-electron chi connectivity index (χ1n) is 6.71. The Balaban J connectivity index is 2.05. The maximum absolute atomic E-state index is 12.0. The third kappa shape index (κ3) is 3.74. The molecule has 2 aromatic rings. The molecule has 2 N–H and O–H groups in total. The number of nitrogens with zero attached hydrogens (tertiary/aromatic N) is 2. The predicted octanol–water partition coefficient (Wildman–Crippen LogP) is 3.80. The molecule has 5 nitrogen and oxygen atoms in total. The molecular weight excluding hydrogens is 300 g/mol. The fourth-order valence-electron chi connectivity index (χ4n) is 2.01. The summed E-state index contributed by atoms with van der Waals surface area (Å²) in [5.41, 5.74) is 1.78. The summed E-state index contributed by atoms with van der Waals surface area (Å²) in [5, 5.41) is 14.6. The van der Waals surface area contributed by atoms with Gasteiger partial charge in [-0.2, -0.15) is 5.26 Å². The number of halogens is 1. The number of urea groups is 1. The Bertz CT molecular complexity index is 702. The van der Waals surface area contributed by atoms with Gasteiger partial charge in [0.2, 0.25) is 0 Å². The molecule has 112 valence electrons. The molecule has 0 aliphatic carbocycles. The van der Waals surface area contributed by atoms with Gasteiger partial charge in [0.25, 0.3) is 0 Å². The van der Waals surface area contributed by atoms with Gasteiger partial charge in [-0.1, -0.05) is 41.9 Å². The Morgan fingerprint density at radius 3 is 2.64 bits per heavy atom. The summed E-state index contributed by atoms with van der Waals surface area (Å²) in [6.45, 7) is 3.56. The second-order valence-corrected chi connectivity index (χ2v) is 5.20. The van der Waals surface area contributed by atoms with Crippen LogP contribution < -0.4 is 10.6 Å². The van der Waals surface area contributed by atoms with Crippen LogP contribution in [-0.4, -0.2) is 11.0 Å². The molecule has 0 radical (unpaired) electrons. The quantitative estimate of drug-likeness (QED) is 0.904. The Morgan fingerprint density at radius 2 is 2.05 bits per heavy atom. The standard InChI is InChI=1S/C16H15ClN4O/c1-10(12-6-4-3-5-7-12)20-16(22)21-15-8-14(17)13(9-18)11(2)19-15/h3-8,10H,1-2H3,(H2,19,20,21,22)/t10-/m0/s1. The number of nitrogens with one attached hydrogen (secondary N) is 2. The second kappa shape index (κ2) is 6.92. The number of rotatable bonds is 3. The van der Waals surface area contributed by atoms with E-state index in [1.165, 1.54) is 6.07 Å². The van der Waals surface area contributed by atoms with Crippen molar-refractivity contribution < 1.29 is 4.79 Å². The Hall–Kier alpha value is -2.58. The van der Waals surface area contributed by atoms with Crippen molar-refractivity contribution in [2.75, 3.05) is 5.32 Å². The molecule has 0 unspecified atom stereocenters. The Morgan fingerprint density at radius 1 is 1.36 bits per heavy atom. The molecule has 0 fully saturated rings. The van der Waals surface area contributed by atoms with E-state index in [4.69, 9.17) is 16.9 Å². The first-order valence-corrected chi connectivity index (χ1v) is 7.08. The first-order chi connectivity index (χ1) is 10.5. The number of aromatic nitrogens is 1. The molecular formula is C16H15ClN4O. The van der Waals surface area contributed by atoms with E-state index in [1.54, 1.807) is 6.92 Å². The molecule has 1 heterocycles. The van der Waals surface area contributed by atoms with Crippen molar-refractivity contribution >= 4 is 23.4 Å². The zero-order valence-electron chi connectivity index (χ0n) is 12.2. The first kappa shape index (κ1) is 15.8. The van der Waals surface area contributed by atoms with E-state index in [9.17, 15) is 4.79 Å². The Kier molecular flexibility index (Phi) is 4.97. The maximum Gasteiger partial charge on any atom is 0.320 e. The highest BCUT2D eigenvalue weighted by molar-refractivity contribution is 6.32. The fourth-order valence-corrected chi connectivity index (χ4v) is 2.29. The summed E-state index contributed by atoms with van der Waals surface area (Å²) in [7, 11) is 0. The molecule has 1 aromatic carbocycles. The number of benzene rings is 1. The van der Waals surface area contributed by atoms with Crippen LogP contribution in [0.15, 0.2) is 36.4 Å². The number of carbonyl (C=O) groups excluding carboxylic acids is 1. The summed E-state index contributed by atoms with van der Waals surface area (Å²) >= 11 is 5.99. The van der Waals surface area contributed by atoms with Gasteiger partial charge >= 0.3 is 6.03 Å². The topological polar surface area (TPSA) is 77.8 Å². The minimum Gasteiger partial charge on any atom is -0.331 e. The van der Waals surface area contributed by atoms with Crippen molar-refractivity contribution in [1.82, 2.24) is 10.3 Å². The molecule has 0 aliphatic heterocycles. The van der Waals surface area contributed by atoms with Gasteiger partial charge in [-0.05, 0) is 19.4 Å². The van der Waals surface area contributed by atoms with Crippen LogP contribution in [0.1, 0.15) is 29.8 Å². The van der Waals surface area contributed by atoms with Gasteiger partial charge in [0.05, 0.1) is 22.3 Å². The molecule has 6 heteroatoms. The molecule has 0 aliphatic rings. The molecule has 0 bridgehead atoms. The highest BCUT2D eigenvalue weighted by atomic mass is 35.5. The average molecular weight is 315 g/mol. The van der Waals surface area contributed by atoms with Crippen LogP contribution in [0.4, 0.5) is 10.6 Å². The number of aryl methyl sites for hydroxylation is 1. The molecule has 0 spiro atoms. The van der Waals surface area contributed by atoms with Crippen LogP contribution >= 0.6 is 11.6 Å². The zero-order valence-corrected chi connectivity index (χ0v) is 13.0. The molecule has 2 amide bonds. The van der Waals surface area contributed by atoms with Crippen molar-refractivity contribution in [3.8, 4) is 6.07 Å². The van der Waals surface area contributed by atoms with Crippen molar-refractivity contribution in [2.45, 2.75) is 19.9 Å². The molecule has 0 saturated heterocycles. The van der Waals surface area contributed by atoms with Crippen molar-refractivity contribution in [3.05, 3.63) is 58.2 Å². The van der Waals surface area contributed by atoms with Crippen LogP contribution in [0.2, 0.25) is 5.02 Å². The van der Waals surface area contributed by atoms with E-state index in [2.05, 4.69) is 15.6 Å². The van der Waals surface area contributed by atoms with E-state index in [-0.39, 0.29) is 17.1 Å². The van der Waals surface area contributed by atoms with Gasteiger partial charge in [-0.3, -0.25) is 5.32 Å². The van der Waals surface area contributed by atoms with Crippen molar-refractivity contribution in [3.63, 3.8) is 0 Å². The van der Waals surface area contributed by atoms with Crippen LogP contribution in [0.25, 0.3) is 0 Å². The molecule has 22 heavy (non-hydrogen) atoms. The van der Waals surface area contributed by atoms with E-state index < -0.39 is 0 Å². The highest BCUT2D eigenvalue weighted by Crippen LogP contribution is 2.21. The number of hydrogen-bond acceptors (Lipinski definition) is 3. The lowest BCUT2D eigenvalue weighted by molar-refractivity contribution is 0.249. The summed E-state index contributed by atoms with van der Waals surface area (Å²) in [6, 6.07) is 12.5. The highest BCUT2D eigenvalue weighted by Gasteiger charge is 2.12. The van der Waals surface area contributed by atoms with Gasteiger partial charge in [0, 0.05) is 6.07 Å². The van der Waals surface area contributed by atoms with Gasteiger partial charge in [0.1, 0.15) is 11.9 Å². The third-order valence-corrected chi connectivity index (χ3v) is 3.45. The Labute approximate surface area is 133 Å². The van der Waals surface area contributed by atoms with Crippen LogP contribution in [0.5, 0.6) is 0 Å². The van der Waals surface area contributed by atoms with Gasteiger partial charge in [-0.25, -0.2) is 9.78 Å². The third-order valence-electron chi connectivity index (χ3n) is 3.15. The van der Waals surface area contributed by atoms with Crippen molar-refractivity contribution in [1.29, 1.82) is 5.26 Å². The van der Waals surface area contributed by atoms with Crippen LogP contribution in [0, 0.1) is 18.3 Å². The second-order valence-electron chi connectivity index (χ2n) is 4.79. The minimum atomic E-state index is -0.385. The van der Waals surface area contributed by atoms with E-state index in [0.717, 1.165) is 5.56 Å². The monoisotopic (exact) mass is 314 g/mol. The summed E-state index contributed by atoms with van der Waals surface area (Å²) < 4.78 is 0. The smallest absolute Gasteiger partial charge is 0.320 e. The summed E-state index contributed by atoms with van der Waals surface area (Å²) in [6.07, 6.45) is 0. The van der Waals surface area contributed by atoms with Crippen LogP contribution in [-0.2, 0) is 0 Å². The lowest BCUT2D eigenvalue weighted by Gasteiger charge is -2.15. The number of hydrogen-bond donors (Lipinski definition) is 2. The number of amides is 2. The van der Waals surface area contributed by atoms with Crippen LogP contribution in [0.3, 0.4) is 0 Å². The van der Waals surface area contributed by atoms with Crippen molar-refractivity contribution in [2.24, 2.45) is 0 Å². The zero-order chi connectivity index (χ0) is 16.1. The minimum absolute atomic E-state index is 0.142. The van der Waals surface area contributed by atoms with Gasteiger partial charge in [-0.15, -0.1) is 0 Å². The van der Waals surface area contributed by atoms with Gasteiger partial charge < -0.3 is 5.32 Å². The summed E-state index contributed by atoms with van der Waals surface area (Å²) in [4.78, 5) is 16.1. The van der Waals surface area contributed by atoms with E-state index in [0.29, 0.717) is 17.1 Å². The van der Waals surface area contributed by atoms with E-state index >= 15 is 0 Å². The largest absolute Gasteiger partial charge is 0.331 e. The number of pyridine rings is 1. The summed E-state index contributed by atoms with van der Waals surface area (Å²) in [5.74, 6) is 0.305. The van der Waals surface area contributed by atoms with E-state index in [1.807, 2.05) is 43.3 Å².